The minimum atomic E-state index is 0.737. The van der Waals surface area contributed by atoms with Gasteiger partial charge in [0.15, 0.2) is 0 Å². The summed E-state index contributed by atoms with van der Waals surface area (Å²) in [7, 11) is 0. The maximum atomic E-state index is 4.58. The lowest BCUT2D eigenvalue weighted by molar-refractivity contribution is 1.04. The first-order chi connectivity index (χ1) is 8.34. The second-order valence-electron chi connectivity index (χ2n) is 4.07. The summed E-state index contributed by atoms with van der Waals surface area (Å²) >= 11 is 0. The molecule has 1 aromatic heterocycles. The van der Waals surface area contributed by atoms with Crippen molar-refractivity contribution in [3.8, 4) is 0 Å². The Bertz CT molecular complexity index is 475. The van der Waals surface area contributed by atoms with E-state index in [4.69, 9.17) is 0 Å². The van der Waals surface area contributed by atoms with E-state index < -0.39 is 0 Å². The van der Waals surface area contributed by atoms with Crippen LogP contribution in [0.15, 0.2) is 59.9 Å². The maximum absolute atomic E-state index is 4.58. The highest BCUT2D eigenvalue weighted by Crippen LogP contribution is 2.03. The van der Waals surface area contributed by atoms with Crippen LogP contribution >= 0.6 is 0 Å². The van der Waals surface area contributed by atoms with Gasteiger partial charge < -0.3 is 0 Å². The average molecular weight is 224 g/mol. The summed E-state index contributed by atoms with van der Waals surface area (Å²) in [5.74, 6) is 0. The Morgan fingerprint density at radius 2 is 1.71 bits per heavy atom. The molecule has 0 saturated carbocycles. The van der Waals surface area contributed by atoms with E-state index >= 15 is 0 Å². The van der Waals surface area contributed by atoms with Crippen LogP contribution in [0.5, 0.6) is 0 Å². The summed E-state index contributed by atoms with van der Waals surface area (Å²) in [6.45, 7) is 2.81. The molecule has 2 nitrogen and oxygen atoms in total. The first kappa shape index (κ1) is 11.5. The maximum Gasteiger partial charge on any atom is 0.0640 e. The van der Waals surface area contributed by atoms with Crippen molar-refractivity contribution in [2.45, 2.75) is 19.9 Å². The van der Waals surface area contributed by atoms with E-state index in [0.29, 0.717) is 0 Å². The molecule has 0 atom stereocenters. The first-order valence-corrected chi connectivity index (χ1v) is 5.77. The molecule has 0 radical (unpaired) electrons. The Morgan fingerprint density at radius 3 is 2.41 bits per heavy atom. The van der Waals surface area contributed by atoms with E-state index in [-0.39, 0.29) is 0 Å². The third kappa shape index (κ3) is 3.83. The summed E-state index contributed by atoms with van der Waals surface area (Å²) in [5.41, 5.74) is 3.67. The molecule has 0 unspecified atom stereocenters. The molecule has 0 bridgehead atoms. The molecule has 17 heavy (non-hydrogen) atoms. The van der Waals surface area contributed by atoms with Gasteiger partial charge in [0.2, 0.25) is 0 Å². The number of hydrogen-bond acceptors (Lipinski definition) is 2. The molecule has 2 heteroatoms. The molecule has 0 aliphatic heterocycles. The lowest BCUT2D eigenvalue weighted by atomic mass is 10.1. The molecule has 0 N–H and O–H groups in total. The second kappa shape index (κ2) is 5.94. The van der Waals surface area contributed by atoms with Crippen molar-refractivity contribution >= 4 is 5.71 Å². The van der Waals surface area contributed by atoms with Crippen molar-refractivity contribution in [1.29, 1.82) is 0 Å². The van der Waals surface area contributed by atoms with Crippen LogP contribution in [0, 0.1) is 0 Å². The Hall–Kier alpha value is -1.96. The van der Waals surface area contributed by atoms with Crippen LogP contribution < -0.4 is 0 Å². The molecule has 0 aliphatic carbocycles. The normalized spacial score (nSPS) is 11.5. The predicted molar refractivity (Wildman–Crippen MR) is 71.2 cm³/mol. The van der Waals surface area contributed by atoms with Gasteiger partial charge in [0.25, 0.3) is 0 Å². The van der Waals surface area contributed by atoms with Gasteiger partial charge in [-0.3, -0.25) is 9.98 Å². The van der Waals surface area contributed by atoms with Crippen LogP contribution in [0.4, 0.5) is 0 Å². The molecule has 1 heterocycles. The molecular weight excluding hydrogens is 208 g/mol. The largest absolute Gasteiger partial charge is 0.289 e. The number of hydrogen-bond donors (Lipinski definition) is 0. The Balaban J connectivity index is 1.94. The highest BCUT2D eigenvalue weighted by Gasteiger charge is 1.95. The van der Waals surface area contributed by atoms with Crippen LogP contribution in [-0.2, 0) is 13.0 Å². The van der Waals surface area contributed by atoms with Gasteiger partial charge in [-0.05, 0) is 30.2 Å². The highest BCUT2D eigenvalue weighted by atomic mass is 14.7. The van der Waals surface area contributed by atoms with Gasteiger partial charge in [-0.25, -0.2) is 0 Å². The van der Waals surface area contributed by atoms with E-state index in [1.807, 2.05) is 18.2 Å². The van der Waals surface area contributed by atoms with Gasteiger partial charge in [-0.15, -0.1) is 0 Å². The minimum absolute atomic E-state index is 0.737. The van der Waals surface area contributed by atoms with Crippen LogP contribution in [0.25, 0.3) is 0 Å². The van der Waals surface area contributed by atoms with Crippen molar-refractivity contribution in [3.05, 3.63) is 66.0 Å². The molecule has 2 aromatic rings. The lowest BCUT2D eigenvalue weighted by Gasteiger charge is -2.01. The fourth-order valence-corrected chi connectivity index (χ4v) is 1.66. The van der Waals surface area contributed by atoms with Crippen LogP contribution in [0.3, 0.4) is 0 Å². The minimum Gasteiger partial charge on any atom is -0.289 e. The predicted octanol–water partition coefficient (Wildman–Crippen LogP) is 3.29. The van der Waals surface area contributed by atoms with Crippen molar-refractivity contribution in [2.75, 3.05) is 0 Å². The van der Waals surface area contributed by atoms with Gasteiger partial charge in [0, 0.05) is 24.5 Å². The first-order valence-electron chi connectivity index (χ1n) is 5.77. The molecule has 0 saturated heterocycles. The van der Waals surface area contributed by atoms with Gasteiger partial charge >= 0.3 is 0 Å². The Morgan fingerprint density at radius 1 is 1.00 bits per heavy atom. The molecule has 2 rings (SSSR count). The molecule has 0 spiro atoms. The summed E-state index contributed by atoms with van der Waals surface area (Å²) < 4.78 is 0. The van der Waals surface area contributed by atoms with Crippen molar-refractivity contribution < 1.29 is 0 Å². The molecule has 0 aliphatic rings. The summed E-state index contributed by atoms with van der Waals surface area (Å²) in [6, 6.07) is 14.4. The van der Waals surface area contributed by atoms with Crippen molar-refractivity contribution in [3.63, 3.8) is 0 Å². The zero-order chi connectivity index (χ0) is 11.9. The van der Waals surface area contributed by atoms with E-state index in [9.17, 15) is 0 Å². The Kier molecular flexibility index (Phi) is 4.03. The SMILES string of the molecule is CC(Cc1ccccc1)=NCc1ccncc1. The Labute approximate surface area is 102 Å². The third-order valence-electron chi connectivity index (χ3n) is 2.58. The zero-order valence-corrected chi connectivity index (χ0v) is 10.0. The number of pyridine rings is 1. The third-order valence-corrected chi connectivity index (χ3v) is 2.58. The average Bonchev–Trinajstić information content (AvgIpc) is 2.39. The van der Waals surface area contributed by atoms with E-state index in [1.165, 1.54) is 11.1 Å². The molecule has 1 aromatic carbocycles. The molecule has 0 amide bonds. The lowest BCUT2D eigenvalue weighted by Crippen LogP contribution is -1.98. The topological polar surface area (TPSA) is 25.2 Å². The number of benzene rings is 1. The summed E-state index contributed by atoms with van der Waals surface area (Å²) in [6.07, 6.45) is 4.53. The number of rotatable bonds is 4. The van der Waals surface area contributed by atoms with Crippen LogP contribution in [-0.4, -0.2) is 10.7 Å². The van der Waals surface area contributed by atoms with Gasteiger partial charge in [0.1, 0.15) is 0 Å². The quantitative estimate of drug-likeness (QED) is 0.731. The number of aliphatic imine (C=N–C) groups is 1. The van der Waals surface area contributed by atoms with Gasteiger partial charge in [-0.2, -0.15) is 0 Å². The monoisotopic (exact) mass is 224 g/mol. The van der Waals surface area contributed by atoms with Crippen molar-refractivity contribution in [2.24, 2.45) is 4.99 Å². The second-order valence-corrected chi connectivity index (χ2v) is 4.07. The van der Waals surface area contributed by atoms with Crippen molar-refractivity contribution in [1.82, 2.24) is 4.98 Å². The zero-order valence-electron chi connectivity index (χ0n) is 10.0. The van der Waals surface area contributed by atoms with Crippen LogP contribution in [0.2, 0.25) is 0 Å². The van der Waals surface area contributed by atoms with Crippen LogP contribution in [0.1, 0.15) is 18.1 Å². The summed E-state index contributed by atoms with van der Waals surface area (Å²) in [4.78, 5) is 8.57. The number of aromatic nitrogens is 1. The van der Waals surface area contributed by atoms with E-state index in [0.717, 1.165) is 18.7 Å². The van der Waals surface area contributed by atoms with E-state index in [2.05, 4.69) is 41.2 Å². The standard InChI is InChI=1S/C15H16N2/c1-13(11-14-5-3-2-4-6-14)17-12-15-7-9-16-10-8-15/h2-10H,11-12H2,1H3. The molecule has 0 fully saturated rings. The molecule has 86 valence electrons. The fourth-order valence-electron chi connectivity index (χ4n) is 1.66. The van der Waals surface area contributed by atoms with Gasteiger partial charge in [-0.1, -0.05) is 30.3 Å². The smallest absolute Gasteiger partial charge is 0.0640 e. The molecular formula is C15H16N2. The van der Waals surface area contributed by atoms with E-state index in [1.54, 1.807) is 12.4 Å². The van der Waals surface area contributed by atoms with Gasteiger partial charge in [0.05, 0.1) is 6.54 Å². The summed E-state index contributed by atoms with van der Waals surface area (Å²) in [5, 5.41) is 0. The highest BCUT2D eigenvalue weighted by molar-refractivity contribution is 5.84. The fraction of sp³-hybridized carbons (Fsp3) is 0.200. The number of nitrogens with zero attached hydrogens (tertiary/aromatic N) is 2.